The molecule has 32 heavy (non-hydrogen) atoms. The van der Waals surface area contributed by atoms with Gasteiger partial charge in [0.25, 0.3) is 5.91 Å². The van der Waals surface area contributed by atoms with Gasteiger partial charge in [-0.2, -0.15) is 0 Å². The Morgan fingerprint density at radius 1 is 1.12 bits per heavy atom. The third kappa shape index (κ3) is 5.15. The molecule has 2 heterocycles. The summed E-state index contributed by atoms with van der Waals surface area (Å²) in [7, 11) is 0. The van der Waals surface area contributed by atoms with Crippen LogP contribution in [0.15, 0.2) is 66.9 Å². The maximum atomic E-state index is 12.4. The topological polar surface area (TPSA) is 71.5 Å². The van der Waals surface area contributed by atoms with E-state index >= 15 is 0 Å². The molecule has 1 aliphatic heterocycles. The SMILES string of the molecule is CC(=O)N(CC1COC1)c1ccc(-c2ccc(C(=O)NCc3ccccc3)cn2)cc1Cl. The van der Waals surface area contributed by atoms with Gasteiger partial charge in [-0.15, -0.1) is 0 Å². The van der Waals surface area contributed by atoms with Gasteiger partial charge in [-0.05, 0) is 29.8 Å². The Kier molecular flexibility index (Phi) is 6.83. The summed E-state index contributed by atoms with van der Waals surface area (Å²) in [5, 5.41) is 3.37. The molecule has 0 radical (unpaired) electrons. The smallest absolute Gasteiger partial charge is 0.253 e. The van der Waals surface area contributed by atoms with E-state index in [9.17, 15) is 9.59 Å². The van der Waals surface area contributed by atoms with Gasteiger partial charge in [-0.1, -0.05) is 48.0 Å². The molecule has 4 rings (SSSR count). The summed E-state index contributed by atoms with van der Waals surface area (Å²) in [6, 6.07) is 18.8. The van der Waals surface area contributed by atoms with Crippen LogP contribution in [0.2, 0.25) is 5.02 Å². The summed E-state index contributed by atoms with van der Waals surface area (Å²) in [6.45, 7) is 3.90. The zero-order chi connectivity index (χ0) is 22.5. The van der Waals surface area contributed by atoms with Gasteiger partial charge in [0.1, 0.15) is 0 Å². The van der Waals surface area contributed by atoms with Crippen molar-refractivity contribution in [3.05, 3.63) is 83.0 Å². The van der Waals surface area contributed by atoms with Crippen molar-refractivity contribution in [3.63, 3.8) is 0 Å². The first-order valence-electron chi connectivity index (χ1n) is 10.4. The standard InChI is InChI=1S/C25H24ClN3O3/c1-17(30)29(14-19-15-32-16-19)24-10-8-20(11-22(24)26)23-9-7-21(13-27-23)25(31)28-12-18-5-3-2-4-6-18/h2-11,13,19H,12,14-16H2,1H3,(H,28,31). The number of carbonyl (C=O) groups is 2. The van der Waals surface area contributed by atoms with Crippen molar-refractivity contribution in [2.24, 2.45) is 5.92 Å². The van der Waals surface area contributed by atoms with Crippen LogP contribution in [0.1, 0.15) is 22.8 Å². The number of halogens is 1. The molecule has 0 saturated carbocycles. The molecule has 3 aromatic rings. The molecule has 6 nitrogen and oxygen atoms in total. The highest BCUT2D eigenvalue weighted by molar-refractivity contribution is 6.34. The Balaban J connectivity index is 1.44. The number of rotatable bonds is 7. The fourth-order valence-corrected chi connectivity index (χ4v) is 3.79. The quantitative estimate of drug-likeness (QED) is 0.582. The van der Waals surface area contributed by atoms with Crippen LogP contribution >= 0.6 is 11.6 Å². The van der Waals surface area contributed by atoms with Crippen molar-refractivity contribution >= 4 is 29.1 Å². The Morgan fingerprint density at radius 3 is 2.50 bits per heavy atom. The normalized spacial score (nSPS) is 13.3. The second-order valence-corrected chi connectivity index (χ2v) is 8.21. The van der Waals surface area contributed by atoms with E-state index in [0.717, 1.165) is 11.1 Å². The molecule has 1 fully saturated rings. The minimum atomic E-state index is -0.182. The molecular weight excluding hydrogens is 426 g/mol. The molecule has 2 amide bonds. The van der Waals surface area contributed by atoms with E-state index < -0.39 is 0 Å². The van der Waals surface area contributed by atoms with Crippen LogP contribution in [0.25, 0.3) is 11.3 Å². The van der Waals surface area contributed by atoms with Gasteiger partial charge in [-0.3, -0.25) is 14.6 Å². The lowest BCUT2D eigenvalue weighted by molar-refractivity contribution is -0.117. The molecule has 7 heteroatoms. The summed E-state index contributed by atoms with van der Waals surface area (Å²) < 4.78 is 5.22. The van der Waals surface area contributed by atoms with E-state index in [4.69, 9.17) is 16.3 Å². The van der Waals surface area contributed by atoms with Crippen LogP contribution in [0.4, 0.5) is 5.69 Å². The monoisotopic (exact) mass is 449 g/mol. The molecule has 2 aromatic carbocycles. The predicted molar refractivity (Wildman–Crippen MR) is 125 cm³/mol. The lowest BCUT2D eigenvalue weighted by atomic mass is 10.1. The van der Waals surface area contributed by atoms with Crippen molar-refractivity contribution in [2.45, 2.75) is 13.5 Å². The zero-order valence-electron chi connectivity index (χ0n) is 17.8. The first kappa shape index (κ1) is 22.0. The van der Waals surface area contributed by atoms with Gasteiger partial charge < -0.3 is 15.0 Å². The van der Waals surface area contributed by atoms with Crippen LogP contribution < -0.4 is 10.2 Å². The predicted octanol–water partition coefficient (Wildman–Crippen LogP) is 4.33. The number of aromatic nitrogens is 1. The maximum absolute atomic E-state index is 12.4. The number of nitrogens with zero attached hydrogens (tertiary/aromatic N) is 2. The lowest BCUT2D eigenvalue weighted by Crippen LogP contribution is -2.41. The van der Waals surface area contributed by atoms with Crippen molar-refractivity contribution in [2.75, 3.05) is 24.7 Å². The summed E-state index contributed by atoms with van der Waals surface area (Å²) in [5.74, 6) is 0.0887. The summed E-state index contributed by atoms with van der Waals surface area (Å²) in [5.41, 5.74) is 3.69. The lowest BCUT2D eigenvalue weighted by Gasteiger charge is -2.32. The number of ether oxygens (including phenoxy) is 1. The van der Waals surface area contributed by atoms with Crippen LogP contribution in [0, 0.1) is 5.92 Å². The van der Waals surface area contributed by atoms with Gasteiger partial charge in [0.15, 0.2) is 0 Å². The molecule has 1 aromatic heterocycles. The van der Waals surface area contributed by atoms with E-state index in [1.54, 1.807) is 29.3 Å². The Hall–Kier alpha value is -3.22. The third-order valence-electron chi connectivity index (χ3n) is 5.38. The van der Waals surface area contributed by atoms with Crippen LogP contribution in [0.3, 0.4) is 0 Å². The Morgan fingerprint density at radius 2 is 1.91 bits per heavy atom. The van der Waals surface area contributed by atoms with E-state index in [2.05, 4.69) is 10.3 Å². The molecule has 0 spiro atoms. The van der Waals surface area contributed by atoms with Gasteiger partial charge in [0, 0.05) is 37.7 Å². The second kappa shape index (κ2) is 9.94. The average molecular weight is 450 g/mol. The van der Waals surface area contributed by atoms with E-state index in [1.165, 1.54) is 6.92 Å². The number of hydrogen-bond acceptors (Lipinski definition) is 4. The molecule has 164 valence electrons. The minimum absolute atomic E-state index is 0.0597. The largest absolute Gasteiger partial charge is 0.381 e. The first-order valence-corrected chi connectivity index (χ1v) is 10.8. The fourth-order valence-electron chi connectivity index (χ4n) is 3.51. The van der Waals surface area contributed by atoms with Gasteiger partial charge in [0.05, 0.1) is 35.2 Å². The van der Waals surface area contributed by atoms with Crippen molar-refractivity contribution in [3.8, 4) is 11.3 Å². The highest BCUT2D eigenvalue weighted by atomic mass is 35.5. The van der Waals surface area contributed by atoms with Gasteiger partial charge >= 0.3 is 0 Å². The number of benzene rings is 2. The Bertz CT molecular complexity index is 1100. The van der Waals surface area contributed by atoms with Crippen molar-refractivity contribution in [1.29, 1.82) is 0 Å². The molecule has 0 aliphatic carbocycles. The number of pyridine rings is 1. The number of anilines is 1. The number of hydrogen-bond donors (Lipinski definition) is 1. The van der Waals surface area contributed by atoms with Crippen LogP contribution in [-0.2, 0) is 16.1 Å². The minimum Gasteiger partial charge on any atom is -0.381 e. The summed E-state index contributed by atoms with van der Waals surface area (Å²) in [6.07, 6.45) is 1.55. The van der Waals surface area contributed by atoms with Gasteiger partial charge in [-0.25, -0.2) is 0 Å². The molecule has 1 N–H and O–H groups in total. The average Bonchev–Trinajstić information content (AvgIpc) is 2.78. The van der Waals surface area contributed by atoms with Crippen LogP contribution in [-0.4, -0.2) is 36.6 Å². The number of nitrogens with one attached hydrogen (secondary N) is 1. The molecule has 0 bridgehead atoms. The first-order chi connectivity index (χ1) is 15.5. The highest BCUT2D eigenvalue weighted by Gasteiger charge is 2.25. The molecule has 0 atom stereocenters. The van der Waals surface area contributed by atoms with Crippen molar-refractivity contribution in [1.82, 2.24) is 10.3 Å². The molecular formula is C25H24ClN3O3. The zero-order valence-corrected chi connectivity index (χ0v) is 18.5. The second-order valence-electron chi connectivity index (χ2n) is 7.80. The number of amides is 2. The molecule has 1 saturated heterocycles. The van der Waals surface area contributed by atoms with E-state index in [1.807, 2.05) is 42.5 Å². The maximum Gasteiger partial charge on any atom is 0.253 e. The number of carbonyl (C=O) groups excluding carboxylic acids is 2. The molecule has 1 aliphatic rings. The van der Waals surface area contributed by atoms with Crippen LogP contribution in [0.5, 0.6) is 0 Å². The van der Waals surface area contributed by atoms with Gasteiger partial charge in [0.2, 0.25) is 5.91 Å². The summed E-state index contributed by atoms with van der Waals surface area (Å²) >= 11 is 6.53. The van der Waals surface area contributed by atoms with E-state index in [-0.39, 0.29) is 11.8 Å². The summed E-state index contributed by atoms with van der Waals surface area (Å²) in [4.78, 5) is 30.7. The highest BCUT2D eigenvalue weighted by Crippen LogP contribution is 2.32. The fraction of sp³-hybridized carbons (Fsp3) is 0.240. The third-order valence-corrected chi connectivity index (χ3v) is 5.69. The Labute approximate surface area is 192 Å². The molecule has 0 unspecified atom stereocenters. The van der Waals surface area contributed by atoms with Crippen molar-refractivity contribution < 1.29 is 14.3 Å². The van der Waals surface area contributed by atoms with E-state index in [0.29, 0.717) is 54.2 Å².